The number of thiazole rings is 1. The van der Waals surface area contributed by atoms with Gasteiger partial charge in [0.15, 0.2) is 0 Å². The highest BCUT2D eigenvalue weighted by Gasteiger charge is 2.11. The third-order valence-electron chi connectivity index (χ3n) is 3.95. The lowest BCUT2D eigenvalue weighted by Crippen LogP contribution is -2.14. The van der Waals surface area contributed by atoms with Crippen LogP contribution in [-0.2, 0) is 4.79 Å². The number of hydrogen-bond donors (Lipinski definition) is 1. The van der Waals surface area contributed by atoms with Crippen LogP contribution in [0.1, 0.15) is 25.5 Å². The minimum absolute atomic E-state index is 0.00884. The van der Waals surface area contributed by atoms with Crippen LogP contribution in [0.5, 0.6) is 5.75 Å². The van der Waals surface area contributed by atoms with Gasteiger partial charge < -0.3 is 10.1 Å². The molecule has 6 heteroatoms. The summed E-state index contributed by atoms with van der Waals surface area (Å²) in [6, 6.07) is 13.1. The zero-order chi connectivity index (χ0) is 18.7. The van der Waals surface area contributed by atoms with Gasteiger partial charge in [-0.2, -0.15) is 0 Å². The zero-order valence-electron chi connectivity index (χ0n) is 14.9. The van der Waals surface area contributed by atoms with Gasteiger partial charge in [-0.3, -0.25) is 14.2 Å². The van der Waals surface area contributed by atoms with E-state index in [0.717, 1.165) is 15.8 Å². The lowest BCUT2D eigenvalue weighted by atomic mass is 10.2. The molecule has 1 amide bonds. The third kappa shape index (κ3) is 3.70. The molecule has 0 fully saturated rings. The molecule has 0 bridgehead atoms. The van der Waals surface area contributed by atoms with Gasteiger partial charge >= 0.3 is 4.87 Å². The number of amides is 1. The number of methoxy groups -OCH3 is 1. The van der Waals surface area contributed by atoms with E-state index in [1.54, 1.807) is 17.8 Å². The molecular weight excluding hydrogens is 348 g/mol. The normalized spacial score (nSPS) is 11.4. The molecule has 5 nitrogen and oxygen atoms in total. The Hall–Kier alpha value is -2.86. The summed E-state index contributed by atoms with van der Waals surface area (Å²) in [6.07, 6.45) is 3.17. The number of rotatable bonds is 5. The molecule has 0 unspecified atom stereocenters. The zero-order valence-corrected chi connectivity index (χ0v) is 15.7. The minimum atomic E-state index is -0.245. The molecular formula is C20H20N2O3S. The van der Waals surface area contributed by atoms with Crippen molar-refractivity contribution < 1.29 is 9.53 Å². The van der Waals surface area contributed by atoms with Crippen molar-refractivity contribution in [3.05, 3.63) is 63.8 Å². The van der Waals surface area contributed by atoms with Crippen LogP contribution in [0.15, 0.2) is 53.3 Å². The largest absolute Gasteiger partial charge is 0.496 e. The van der Waals surface area contributed by atoms with Crippen LogP contribution in [0.3, 0.4) is 0 Å². The number of aromatic nitrogens is 1. The van der Waals surface area contributed by atoms with Crippen LogP contribution in [0.25, 0.3) is 16.3 Å². The topological polar surface area (TPSA) is 60.3 Å². The van der Waals surface area contributed by atoms with Crippen molar-refractivity contribution in [1.29, 1.82) is 0 Å². The molecule has 0 aliphatic heterocycles. The molecule has 134 valence electrons. The predicted octanol–water partition coefficient (Wildman–Crippen LogP) is 4.30. The van der Waals surface area contributed by atoms with Crippen LogP contribution in [0.2, 0.25) is 0 Å². The van der Waals surface area contributed by atoms with E-state index >= 15 is 0 Å². The van der Waals surface area contributed by atoms with Crippen LogP contribution in [0, 0.1) is 0 Å². The molecule has 1 heterocycles. The molecule has 0 saturated heterocycles. The van der Waals surface area contributed by atoms with Gasteiger partial charge in [-0.25, -0.2) is 0 Å². The molecule has 0 spiro atoms. The Balaban J connectivity index is 1.79. The summed E-state index contributed by atoms with van der Waals surface area (Å²) in [5.41, 5.74) is 2.37. The first-order valence-corrected chi connectivity index (χ1v) is 9.08. The molecule has 0 aliphatic rings. The van der Waals surface area contributed by atoms with Crippen LogP contribution in [-0.4, -0.2) is 17.6 Å². The number of para-hydroxylation sites is 1. The Kier molecular flexibility index (Phi) is 5.23. The number of nitrogens with one attached hydrogen (secondary N) is 1. The fourth-order valence-electron chi connectivity index (χ4n) is 2.76. The van der Waals surface area contributed by atoms with E-state index in [9.17, 15) is 9.59 Å². The summed E-state index contributed by atoms with van der Waals surface area (Å²) in [5.74, 6) is 0.462. The first kappa shape index (κ1) is 17.9. The van der Waals surface area contributed by atoms with Crippen molar-refractivity contribution in [2.75, 3.05) is 12.4 Å². The third-order valence-corrected chi connectivity index (χ3v) is 4.87. The number of carbonyl (C=O) groups excluding carboxylic acids is 1. The maximum Gasteiger partial charge on any atom is 0.308 e. The lowest BCUT2D eigenvalue weighted by molar-refractivity contribution is -0.111. The summed E-state index contributed by atoms with van der Waals surface area (Å²) >= 11 is 1.19. The second-order valence-electron chi connectivity index (χ2n) is 6.08. The van der Waals surface area contributed by atoms with Crippen molar-refractivity contribution in [1.82, 2.24) is 4.57 Å². The van der Waals surface area contributed by atoms with Crippen molar-refractivity contribution >= 4 is 39.2 Å². The summed E-state index contributed by atoms with van der Waals surface area (Å²) in [5, 5.41) is 2.83. The molecule has 3 aromatic rings. The van der Waals surface area contributed by atoms with E-state index in [0.29, 0.717) is 11.4 Å². The van der Waals surface area contributed by atoms with Gasteiger partial charge in [0.25, 0.3) is 0 Å². The standard InChI is InChI=1S/C20H20N2O3S/c1-13(2)22-16-10-9-15(12-18(16)26-20(22)24)21-19(23)11-8-14-6-4-5-7-17(14)25-3/h4-13H,1-3H3,(H,21,23)/b11-8+. The number of carbonyl (C=O) groups is 1. The van der Waals surface area contributed by atoms with Gasteiger partial charge in [-0.1, -0.05) is 29.5 Å². The molecule has 1 aromatic heterocycles. The number of hydrogen-bond acceptors (Lipinski definition) is 4. The number of benzene rings is 2. The molecule has 0 atom stereocenters. The average molecular weight is 368 g/mol. The van der Waals surface area contributed by atoms with Gasteiger partial charge in [-0.05, 0) is 44.2 Å². The molecule has 26 heavy (non-hydrogen) atoms. The van der Waals surface area contributed by atoms with Gasteiger partial charge in [0, 0.05) is 23.4 Å². The molecule has 0 aliphatic carbocycles. The highest BCUT2D eigenvalue weighted by atomic mass is 32.1. The lowest BCUT2D eigenvalue weighted by Gasteiger charge is -2.08. The van der Waals surface area contributed by atoms with Crippen molar-refractivity contribution in [2.24, 2.45) is 0 Å². The van der Waals surface area contributed by atoms with Crippen LogP contribution < -0.4 is 14.9 Å². The van der Waals surface area contributed by atoms with Gasteiger partial charge in [0.05, 0.1) is 17.3 Å². The van der Waals surface area contributed by atoms with Crippen LogP contribution >= 0.6 is 11.3 Å². The summed E-state index contributed by atoms with van der Waals surface area (Å²) in [7, 11) is 1.59. The number of ether oxygens (including phenoxy) is 1. The Morgan fingerprint density at radius 1 is 1.23 bits per heavy atom. The molecule has 2 aromatic carbocycles. The first-order chi connectivity index (χ1) is 12.5. The quantitative estimate of drug-likeness (QED) is 0.683. The fraction of sp³-hybridized carbons (Fsp3) is 0.200. The Bertz CT molecular complexity index is 1030. The number of nitrogens with zero attached hydrogens (tertiary/aromatic N) is 1. The summed E-state index contributed by atoms with van der Waals surface area (Å²) in [6.45, 7) is 3.96. The average Bonchev–Trinajstić information content (AvgIpc) is 2.95. The maximum absolute atomic E-state index is 12.2. The van der Waals surface area contributed by atoms with Gasteiger partial charge in [0.1, 0.15) is 5.75 Å². The van der Waals surface area contributed by atoms with Crippen molar-refractivity contribution in [3.63, 3.8) is 0 Å². The smallest absolute Gasteiger partial charge is 0.308 e. The molecule has 1 N–H and O–H groups in total. The number of fused-ring (bicyclic) bond motifs is 1. The van der Waals surface area contributed by atoms with E-state index in [-0.39, 0.29) is 16.8 Å². The van der Waals surface area contributed by atoms with E-state index in [1.165, 1.54) is 17.4 Å². The molecule has 0 radical (unpaired) electrons. The second kappa shape index (κ2) is 7.58. The predicted molar refractivity (Wildman–Crippen MR) is 107 cm³/mol. The van der Waals surface area contributed by atoms with E-state index in [4.69, 9.17) is 4.74 Å². The number of anilines is 1. The maximum atomic E-state index is 12.2. The van der Waals surface area contributed by atoms with Gasteiger partial charge in [0.2, 0.25) is 5.91 Å². The Morgan fingerprint density at radius 2 is 2.00 bits per heavy atom. The highest BCUT2D eigenvalue weighted by molar-refractivity contribution is 7.16. The monoisotopic (exact) mass is 368 g/mol. The Labute approximate surface area is 155 Å². The van der Waals surface area contributed by atoms with E-state index in [2.05, 4.69) is 5.32 Å². The van der Waals surface area contributed by atoms with Crippen molar-refractivity contribution in [3.8, 4) is 5.75 Å². The minimum Gasteiger partial charge on any atom is -0.496 e. The van der Waals surface area contributed by atoms with E-state index < -0.39 is 0 Å². The summed E-state index contributed by atoms with van der Waals surface area (Å²) in [4.78, 5) is 24.3. The highest BCUT2D eigenvalue weighted by Crippen LogP contribution is 2.24. The first-order valence-electron chi connectivity index (χ1n) is 8.27. The molecule has 0 saturated carbocycles. The van der Waals surface area contributed by atoms with E-state index in [1.807, 2.05) is 56.3 Å². The fourth-order valence-corrected chi connectivity index (χ4v) is 3.81. The molecule has 3 rings (SSSR count). The Morgan fingerprint density at radius 3 is 2.73 bits per heavy atom. The second-order valence-corrected chi connectivity index (χ2v) is 7.07. The van der Waals surface area contributed by atoms with Crippen LogP contribution in [0.4, 0.5) is 5.69 Å². The summed E-state index contributed by atoms with van der Waals surface area (Å²) < 4.78 is 7.88. The van der Waals surface area contributed by atoms with Crippen molar-refractivity contribution in [2.45, 2.75) is 19.9 Å². The van der Waals surface area contributed by atoms with Gasteiger partial charge in [-0.15, -0.1) is 0 Å². The SMILES string of the molecule is COc1ccccc1/C=C/C(=O)Nc1ccc2c(c1)sc(=O)n2C(C)C.